The molecule has 0 spiro atoms. The SMILES string of the molecule is Cc1c(-c2ccccc2)n(CC(O)CN)c2ccccc12. The van der Waals surface area contributed by atoms with Crippen LogP contribution in [0, 0.1) is 6.92 Å². The second-order valence-electron chi connectivity index (χ2n) is 5.36. The molecule has 0 saturated heterocycles. The van der Waals surface area contributed by atoms with Crippen molar-refractivity contribution in [3.8, 4) is 11.3 Å². The van der Waals surface area contributed by atoms with Gasteiger partial charge in [0.2, 0.25) is 0 Å². The number of nitrogens with two attached hydrogens (primary N) is 1. The van der Waals surface area contributed by atoms with Crippen LogP contribution in [0.4, 0.5) is 0 Å². The Morgan fingerprint density at radius 2 is 1.71 bits per heavy atom. The maximum Gasteiger partial charge on any atom is 0.0841 e. The van der Waals surface area contributed by atoms with Gasteiger partial charge in [0.15, 0.2) is 0 Å². The van der Waals surface area contributed by atoms with Crippen LogP contribution >= 0.6 is 0 Å². The van der Waals surface area contributed by atoms with E-state index in [1.165, 1.54) is 10.9 Å². The predicted octanol–water partition coefficient (Wildman–Crippen LogP) is 2.94. The number of benzene rings is 2. The number of aliphatic hydroxyl groups excluding tert-OH is 1. The van der Waals surface area contributed by atoms with Crippen LogP contribution in [-0.4, -0.2) is 22.3 Å². The summed E-state index contributed by atoms with van der Waals surface area (Å²) in [5.74, 6) is 0. The third-order valence-corrected chi connectivity index (χ3v) is 3.94. The molecule has 0 bridgehead atoms. The van der Waals surface area contributed by atoms with Crippen molar-refractivity contribution in [2.75, 3.05) is 6.54 Å². The van der Waals surface area contributed by atoms with E-state index in [0.717, 1.165) is 16.8 Å². The lowest BCUT2D eigenvalue weighted by Crippen LogP contribution is -2.25. The quantitative estimate of drug-likeness (QED) is 0.772. The lowest BCUT2D eigenvalue weighted by molar-refractivity contribution is 0.164. The van der Waals surface area contributed by atoms with Crippen LogP contribution in [0.2, 0.25) is 0 Å². The average molecular weight is 280 g/mol. The number of aryl methyl sites for hydroxylation is 1. The summed E-state index contributed by atoms with van der Waals surface area (Å²) in [4.78, 5) is 0. The third kappa shape index (κ3) is 2.46. The second-order valence-corrected chi connectivity index (χ2v) is 5.36. The van der Waals surface area contributed by atoms with Crippen LogP contribution < -0.4 is 5.73 Å². The molecule has 1 atom stereocenters. The van der Waals surface area contributed by atoms with Gasteiger partial charge >= 0.3 is 0 Å². The number of aromatic nitrogens is 1. The van der Waals surface area contributed by atoms with Gasteiger partial charge in [0.25, 0.3) is 0 Å². The molecule has 0 fully saturated rings. The molecule has 3 aromatic rings. The number of hydrogen-bond acceptors (Lipinski definition) is 2. The van der Waals surface area contributed by atoms with Crippen molar-refractivity contribution in [2.45, 2.75) is 19.6 Å². The Kier molecular flexibility index (Phi) is 3.78. The van der Waals surface area contributed by atoms with Crippen molar-refractivity contribution < 1.29 is 5.11 Å². The largest absolute Gasteiger partial charge is 0.390 e. The standard InChI is InChI=1S/C18H20N2O/c1-13-16-9-5-6-10-17(16)20(12-15(21)11-19)18(13)14-7-3-2-4-8-14/h2-10,15,21H,11-12,19H2,1H3. The van der Waals surface area contributed by atoms with Gasteiger partial charge in [-0.2, -0.15) is 0 Å². The summed E-state index contributed by atoms with van der Waals surface area (Å²) < 4.78 is 2.18. The van der Waals surface area contributed by atoms with Crippen LogP contribution in [0.25, 0.3) is 22.2 Å². The molecule has 108 valence electrons. The summed E-state index contributed by atoms with van der Waals surface area (Å²) in [6, 6.07) is 18.6. The maximum atomic E-state index is 10.0. The first kappa shape index (κ1) is 13.9. The molecule has 1 unspecified atom stereocenters. The van der Waals surface area contributed by atoms with E-state index < -0.39 is 6.10 Å². The van der Waals surface area contributed by atoms with Crippen molar-refractivity contribution in [1.29, 1.82) is 0 Å². The monoisotopic (exact) mass is 280 g/mol. The molecule has 3 N–H and O–H groups in total. The number of rotatable bonds is 4. The second kappa shape index (κ2) is 5.72. The Balaban J connectivity index is 2.26. The van der Waals surface area contributed by atoms with Crippen molar-refractivity contribution in [1.82, 2.24) is 4.57 Å². The minimum Gasteiger partial charge on any atom is -0.390 e. The molecular formula is C18H20N2O. The Morgan fingerprint density at radius 3 is 2.43 bits per heavy atom. The first-order valence-electron chi connectivity index (χ1n) is 7.23. The zero-order chi connectivity index (χ0) is 14.8. The first-order valence-corrected chi connectivity index (χ1v) is 7.23. The van der Waals surface area contributed by atoms with Crippen molar-refractivity contribution in [3.63, 3.8) is 0 Å². The van der Waals surface area contributed by atoms with Crippen LogP contribution in [-0.2, 0) is 6.54 Å². The summed E-state index contributed by atoms with van der Waals surface area (Å²) in [6.07, 6.45) is -0.539. The van der Waals surface area contributed by atoms with Gasteiger partial charge < -0.3 is 15.4 Å². The molecule has 21 heavy (non-hydrogen) atoms. The lowest BCUT2D eigenvalue weighted by atomic mass is 10.1. The van der Waals surface area contributed by atoms with Crippen molar-refractivity contribution in [3.05, 3.63) is 60.2 Å². The molecule has 3 nitrogen and oxygen atoms in total. The van der Waals surface area contributed by atoms with Gasteiger partial charge in [0.05, 0.1) is 18.3 Å². The van der Waals surface area contributed by atoms with Crippen LogP contribution in [0.5, 0.6) is 0 Å². The van der Waals surface area contributed by atoms with Crippen molar-refractivity contribution in [2.24, 2.45) is 5.73 Å². The molecule has 0 radical (unpaired) electrons. The van der Waals surface area contributed by atoms with Crippen molar-refractivity contribution >= 4 is 10.9 Å². The highest BCUT2D eigenvalue weighted by molar-refractivity contribution is 5.91. The van der Waals surface area contributed by atoms with Gasteiger partial charge in [0, 0.05) is 17.4 Å². The van der Waals surface area contributed by atoms with Gasteiger partial charge in [-0.3, -0.25) is 0 Å². The van der Waals surface area contributed by atoms with E-state index >= 15 is 0 Å². The van der Waals surface area contributed by atoms with Gasteiger partial charge in [-0.15, -0.1) is 0 Å². The average Bonchev–Trinajstić information content (AvgIpc) is 2.81. The fourth-order valence-corrected chi connectivity index (χ4v) is 2.92. The number of hydrogen-bond donors (Lipinski definition) is 2. The summed E-state index contributed by atoms with van der Waals surface area (Å²) in [7, 11) is 0. The van der Waals surface area contributed by atoms with Gasteiger partial charge in [-0.05, 0) is 24.1 Å². The molecule has 1 heterocycles. The summed E-state index contributed by atoms with van der Waals surface area (Å²) >= 11 is 0. The predicted molar refractivity (Wildman–Crippen MR) is 87.2 cm³/mol. The topological polar surface area (TPSA) is 51.2 Å². The van der Waals surface area contributed by atoms with Gasteiger partial charge in [0.1, 0.15) is 0 Å². The summed E-state index contributed by atoms with van der Waals surface area (Å²) in [5.41, 5.74) is 10.3. The normalized spacial score (nSPS) is 12.7. The molecule has 3 rings (SSSR count). The Labute approximate surface area is 124 Å². The maximum absolute atomic E-state index is 10.0. The van der Waals surface area contributed by atoms with Gasteiger partial charge in [-0.25, -0.2) is 0 Å². The highest BCUT2D eigenvalue weighted by atomic mass is 16.3. The van der Waals surface area contributed by atoms with Crippen LogP contribution in [0.1, 0.15) is 5.56 Å². The fourth-order valence-electron chi connectivity index (χ4n) is 2.92. The zero-order valence-corrected chi connectivity index (χ0v) is 12.2. The Hall–Kier alpha value is -2.10. The lowest BCUT2D eigenvalue weighted by Gasteiger charge is -2.15. The van der Waals surface area contributed by atoms with E-state index in [4.69, 9.17) is 5.73 Å². The molecule has 0 saturated carbocycles. The Morgan fingerprint density at radius 1 is 1.05 bits per heavy atom. The molecule has 0 aliphatic rings. The minimum atomic E-state index is -0.539. The summed E-state index contributed by atoms with van der Waals surface area (Å²) in [5, 5.41) is 11.2. The summed E-state index contributed by atoms with van der Waals surface area (Å²) in [6.45, 7) is 2.91. The molecule has 2 aromatic carbocycles. The van der Waals surface area contributed by atoms with Crippen LogP contribution in [0.15, 0.2) is 54.6 Å². The third-order valence-electron chi connectivity index (χ3n) is 3.94. The molecule has 0 amide bonds. The van der Waals surface area contributed by atoms with Gasteiger partial charge in [-0.1, -0.05) is 48.5 Å². The van der Waals surface area contributed by atoms with E-state index in [1.54, 1.807) is 0 Å². The van der Waals surface area contributed by atoms with E-state index in [0.29, 0.717) is 6.54 Å². The number of fused-ring (bicyclic) bond motifs is 1. The van der Waals surface area contributed by atoms with E-state index in [9.17, 15) is 5.11 Å². The smallest absolute Gasteiger partial charge is 0.0841 e. The van der Waals surface area contributed by atoms with Crippen LogP contribution in [0.3, 0.4) is 0 Å². The zero-order valence-electron chi connectivity index (χ0n) is 12.2. The number of aliphatic hydroxyl groups is 1. The molecule has 0 aliphatic carbocycles. The molecule has 3 heteroatoms. The molecule has 0 aliphatic heterocycles. The van der Waals surface area contributed by atoms with E-state index in [1.807, 2.05) is 30.3 Å². The minimum absolute atomic E-state index is 0.264. The number of para-hydroxylation sites is 1. The highest BCUT2D eigenvalue weighted by Gasteiger charge is 2.16. The Bertz CT molecular complexity index is 747. The molecular weight excluding hydrogens is 260 g/mol. The molecule has 1 aromatic heterocycles. The first-order chi connectivity index (χ1) is 10.2. The highest BCUT2D eigenvalue weighted by Crippen LogP contribution is 2.33. The van der Waals surface area contributed by atoms with E-state index in [-0.39, 0.29) is 6.54 Å². The fraction of sp³-hybridized carbons (Fsp3) is 0.222. The van der Waals surface area contributed by atoms with E-state index in [2.05, 4.69) is 35.8 Å². The number of nitrogens with zero attached hydrogens (tertiary/aromatic N) is 1.